The summed E-state index contributed by atoms with van der Waals surface area (Å²) >= 11 is 0. The number of hydrogen-bond acceptors (Lipinski definition) is 4. The standard InChI is InChI=1S/C7H17NO3P/c1-4-5-8(7(2)9)6-12(10)11-3/h7,9H,4-6H2,1-3H3/q+1. The van der Waals surface area contributed by atoms with Crippen LogP contribution in [-0.4, -0.2) is 36.2 Å². The summed E-state index contributed by atoms with van der Waals surface area (Å²) in [7, 11) is -0.238. The van der Waals surface area contributed by atoms with E-state index >= 15 is 0 Å². The molecular weight excluding hydrogens is 177 g/mol. The van der Waals surface area contributed by atoms with Crippen molar-refractivity contribution in [2.45, 2.75) is 26.5 Å². The molecule has 0 rings (SSSR count). The Balaban J connectivity index is 3.86. The van der Waals surface area contributed by atoms with Gasteiger partial charge in [0.25, 0.3) is 0 Å². The van der Waals surface area contributed by atoms with Gasteiger partial charge in [0.2, 0.25) is 6.29 Å². The maximum absolute atomic E-state index is 11.0. The third-order valence-corrected chi connectivity index (χ3v) is 2.54. The van der Waals surface area contributed by atoms with E-state index in [-0.39, 0.29) is 0 Å². The molecule has 4 nitrogen and oxygen atoms in total. The fourth-order valence-corrected chi connectivity index (χ4v) is 1.66. The van der Waals surface area contributed by atoms with Crippen LogP contribution in [0.5, 0.6) is 0 Å². The van der Waals surface area contributed by atoms with Gasteiger partial charge in [-0.15, -0.1) is 4.52 Å². The van der Waals surface area contributed by atoms with Crippen LogP contribution < -0.4 is 0 Å². The number of hydrogen-bond donors (Lipinski definition) is 1. The van der Waals surface area contributed by atoms with Crippen LogP contribution in [0.3, 0.4) is 0 Å². The first-order chi connectivity index (χ1) is 5.61. The Bertz CT molecular complexity index is 141. The van der Waals surface area contributed by atoms with Crippen LogP contribution in [0.1, 0.15) is 20.3 Å². The molecular formula is C7H17NO3P+. The van der Waals surface area contributed by atoms with Gasteiger partial charge in [-0.2, -0.15) is 0 Å². The predicted molar refractivity (Wildman–Crippen MR) is 48.2 cm³/mol. The molecule has 0 aromatic rings. The minimum atomic E-state index is -1.65. The van der Waals surface area contributed by atoms with E-state index in [1.54, 1.807) is 11.8 Å². The van der Waals surface area contributed by atoms with Gasteiger partial charge in [0.1, 0.15) is 6.23 Å². The van der Waals surface area contributed by atoms with Crippen LogP contribution in [-0.2, 0) is 9.09 Å². The molecule has 0 aromatic carbocycles. The second-order valence-corrected chi connectivity index (χ2v) is 3.91. The Labute approximate surface area is 74.4 Å². The van der Waals surface area contributed by atoms with Crippen molar-refractivity contribution in [3.8, 4) is 0 Å². The molecule has 0 aliphatic rings. The van der Waals surface area contributed by atoms with Gasteiger partial charge in [-0.25, -0.2) is 4.90 Å². The van der Waals surface area contributed by atoms with Crippen LogP contribution >= 0.6 is 8.03 Å². The molecule has 12 heavy (non-hydrogen) atoms. The van der Waals surface area contributed by atoms with Gasteiger partial charge in [0.15, 0.2) is 0 Å². The highest BCUT2D eigenvalue weighted by Crippen LogP contribution is 2.22. The van der Waals surface area contributed by atoms with E-state index in [9.17, 15) is 9.67 Å². The number of aliphatic hydroxyl groups excluding tert-OH is 1. The first kappa shape index (κ1) is 12.0. The van der Waals surface area contributed by atoms with Crippen LogP contribution in [0, 0.1) is 0 Å². The molecule has 0 aliphatic carbocycles. The third kappa shape index (κ3) is 4.78. The predicted octanol–water partition coefficient (Wildman–Crippen LogP) is 1.38. The summed E-state index contributed by atoms with van der Waals surface area (Å²) < 4.78 is 15.6. The molecule has 1 N–H and O–H groups in total. The molecule has 0 fully saturated rings. The Morgan fingerprint density at radius 3 is 2.58 bits per heavy atom. The summed E-state index contributed by atoms with van der Waals surface area (Å²) in [4.78, 5) is 1.72. The van der Waals surface area contributed by atoms with Gasteiger partial charge in [0.05, 0.1) is 7.11 Å². The van der Waals surface area contributed by atoms with Crippen molar-refractivity contribution in [1.29, 1.82) is 0 Å². The van der Waals surface area contributed by atoms with Crippen molar-refractivity contribution >= 4 is 8.03 Å². The highest BCUT2D eigenvalue weighted by Gasteiger charge is 2.23. The van der Waals surface area contributed by atoms with Crippen molar-refractivity contribution in [2.75, 3.05) is 19.9 Å². The zero-order valence-electron chi connectivity index (χ0n) is 7.86. The Hall–Kier alpha value is -0.0200. The molecule has 0 aromatic heterocycles. The van der Waals surface area contributed by atoms with Gasteiger partial charge >= 0.3 is 8.03 Å². The zero-order valence-corrected chi connectivity index (χ0v) is 8.75. The van der Waals surface area contributed by atoms with Crippen molar-refractivity contribution in [3.63, 3.8) is 0 Å². The van der Waals surface area contributed by atoms with E-state index in [0.717, 1.165) is 13.0 Å². The minimum Gasteiger partial charge on any atom is -0.379 e. The van der Waals surface area contributed by atoms with Crippen LogP contribution in [0.15, 0.2) is 0 Å². The summed E-state index contributed by atoms with van der Waals surface area (Å²) in [6, 6.07) is 0. The molecule has 2 unspecified atom stereocenters. The van der Waals surface area contributed by atoms with E-state index in [1.807, 2.05) is 6.92 Å². The molecule has 0 bridgehead atoms. The molecule has 0 saturated carbocycles. The molecule has 0 radical (unpaired) electrons. The zero-order chi connectivity index (χ0) is 9.56. The van der Waals surface area contributed by atoms with Gasteiger partial charge in [0, 0.05) is 6.54 Å². The van der Waals surface area contributed by atoms with E-state index in [2.05, 4.69) is 4.52 Å². The molecule has 0 spiro atoms. The lowest BCUT2D eigenvalue weighted by atomic mass is 10.4. The Morgan fingerprint density at radius 2 is 2.25 bits per heavy atom. The molecule has 0 amide bonds. The normalized spacial score (nSPS) is 14.9. The molecule has 5 heteroatoms. The van der Waals surface area contributed by atoms with Gasteiger partial charge in [-0.3, -0.25) is 0 Å². The van der Waals surface area contributed by atoms with E-state index < -0.39 is 14.3 Å². The minimum absolute atomic E-state index is 0.303. The topological polar surface area (TPSA) is 49.8 Å². The number of rotatable bonds is 6. The lowest BCUT2D eigenvalue weighted by Gasteiger charge is -2.18. The average Bonchev–Trinajstić information content (AvgIpc) is 2.03. The van der Waals surface area contributed by atoms with Crippen molar-refractivity contribution in [1.82, 2.24) is 4.90 Å². The molecule has 72 valence electrons. The fraction of sp³-hybridized carbons (Fsp3) is 1.00. The molecule has 0 saturated heterocycles. The molecule has 0 aliphatic heterocycles. The van der Waals surface area contributed by atoms with E-state index in [1.165, 1.54) is 7.11 Å². The van der Waals surface area contributed by atoms with E-state index in [0.29, 0.717) is 6.29 Å². The first-order valence-corrected chi connectivity index (χ1v) is 5.39. The third-order valence-electron chi connectivity index (χ3n) is 1.54. The van der Waals surface area contributed by atoms with Crippen molar-refractivity contribution < 1.29 is 14.2 Å². The average molecular weight is 194 g/mol. The van der Waals surface area contributed by atoms with Crippen molar-refractivity contribution in [2.24, 2.45) is 0 Å². The van der Waals surface area contributed by atoms with Gasteiger partial charge in [-0.05, 0) is 17.9 Å². The number of nitrogens with zero attached hydrogens (tertiary/aromatic N) is 1. The summed E-state index contributed by atoms with van der Waals surface area (Å²) in [5.41, 5.74) is 0. The fourth-order valence-electron chi connectivity index (χ4n) is 0.869. The van der Waals surface area contributed by atoms with Crippen molar-refractivity contribution in [3.05, 3.63) is 0 Å². The Kier molecular flexibility index (Phi) is 6.48. The second kappa shape index (κ2) is 6.49. The van der Waals surface area contributed by atoms with Gasteiger partial charge in [-0.1, -0.05) is 6.92 Å². The lowest BCUT2D eigenvalue weighted by Crippen LogP contribution is -2.33. The first-order valence-electron chi connectivity index (χ1n) is 4.02. The second-order valence-electron chi connectivity index (χ2n) is 2.60. The lowest BCUT2D eigenvalue weighted by molar-refractivity contribution is 0.0308. The summed E-state index contributed by atoms with van der Waals surface area (Å²) in [5, 5.41) is 9.23. The smallest absolute Gasteiger partial charge is 0.379 e. The Morgan fingerprint density at radius 1 is 1.67 bits per heavy atom. The summed E-state index contributed by atoms with van der Waals surface area (Å²) in [6.45, 7) is 4.41. The number of aliphatic hydroxyl groups is 1. The summed E-state index contributed by atoms with van der Waals surface area (Å²) in [6.07, 6.45) is 0.675. The SMILES string of the molecule is CCCN(C[P+](=O)OC)C(C)O. The maximum atomic E-state index is 11.0. The highest BCUT2D eigenvalue weighted by atomic mass is 31.1. The summed E-state index contributed by atoms with van der Waals surface area (Å²) in [5.74, 6) is 0. The van der Waals surface area contributed by atoms with Crippen LogP contribution in [0.4, 0.5) is 0 Å². The highest BCUT2D eigenvalue weighted by molar-refractivity contribution is 7.38. The maximum Gasteiger partial charge on any atom is 0.523 e. The monoisotopic (exact) mass is 194 g/mol. The van der Waals surface area contributed by atoms with Crippen LogP contribution in [0.25, 0.3) is 0 Å². The molecule has 0 heterocycles. The quantitative estimate of drug-likeness (QED) is 0.512. The van der Waals surface area contributed by atoms with E-state index in [4.69, 9.17) is 0 Å². The molecule has 2 atom stereocenters. The largest absolute Gasteiger partial charge is 0.523 e. The van der Waals surface area contributed by atoms with Crippen LogP contribution in [0.2, 0.25) is 0 Å². The van der Waals surface area contributed by atoms with Gasteiger partial charge < -0.3 is 5.11 Å².